The normalized spacial score (nSPS) is 22.1. The lowest BCUT2D eigenvalue weighted by Gasteiger charge is -2.39. The summed E-state index contributed by atoms with van der Waals surface area (Å²) in [5.74, 6) is -1.55. The molecule has 0 spiro atoms. The molecule has 1 unspecified atom stereocenters. The molecule has 6 heteroatoms. The third-order valence-corrected chi connectivity index (χ3v) is 4.81. The maximum absolute atomic E-state index is 13.1. The zero-order valence-corrected chi connectivity index (χ0v) is 13.3. The predicted molar refractivity (Wildman–Crippen MR) is 79.6 cm³/mol. The van der Waals surface area contributed by atoms with E-state index in [9.17, 15) is 19.1 Å². The van der Waals surface area contributed by atoms with Crippen LogP contribution in [-0.2, 0) is 4.79 Å². The number of aliphatic carboxylic acids is 1. The molecular weight excluding hydrogens is 341 g/mol. The molecule has 0 bridgehead atoms. The van der Waals surface area contributed by atoms with Gasteiger partial charge in [0.15, 0.2) is 0 Å². The fourth-order valence-electron chi connectivity index (χ4n) is 2.75. The Hall–Kier alpha value is -1.43. The van der Waals surface area contributed by atoms with Crippen LogP contribution in [0.25, 0.3) is 0 Å². The van der Waals surface area contributed by atoms with Gasteiger partial charge in [-0.1, -0.05) is 6.92 Å². The number of halogens is 2. The zero-order chi connectivity index (χ0) is 15.6. The SMILES string of the molecule is CCC1(C(=O)O)CCCN(C(=O)c2ccc(F)cc2Br)C1. The van der Waals surface area contributed by atoms with Crippen LogP contribution in [0.4, 0.5) is 4.39 Å². The maximum atomic E-state index is 13.1. The van der Waals surface area contributed by atoms with Gasteiger partial charge in [-0.3, -0.25) is 9.59 Å². The first kappa shape index (κ1) is 15.9. The largest absolute Gasteiger partial charge is 0.481 e. The molecule has 1 aliphatic heterocycles. The van der Waals surface area contributed by atoms with E-state index in [0.29, 0.717) is 35.8 Å². The Morgan fingerprint density at radius 3 is 2.76 bits per heavy atom. The van der Waals surface area contributed by atoms with Crippen LogP contribution >= 0.6 is 15.9 Å². The van der Waals surface area contributed by atoms with Crippen molar-refractivity contribution in [2.75, 3.05) is 13.1 Å². The van der Waals surface area contributed by atoms with Crippen LogP contribution in [-0.4, -0.2) is 35.0 Å². The van der Waals surface area contributed by atoms with Crippen LogP contribution < -0.4 is 0 Å². The molecule has 0 saturated carbocycles. The monoisotopic (exact) mass is 357 g/mol. The van der Waals surface area contributed by atoms with Crippen LogP contribution in [0.15, 0.2) is 22.7 Å². The molecule has 0 aliphatic carbocycles. The molecule has 1 N–H and O–H groups in total. The van der Waals surface area contributed by atoms with Gasteiger partial charge in [0.05, 0.1) is 11.0 Å². The Kier molecular flexibility index (Phi) is 4.66. The fraction of sp³-hybridized carbons (Fsp3) is 0.467. The smallest absolute Gasteiger partial charge is 0.311 e. The molecule has 1 aliphatic rings. The molecule has 1 aromatic rings. The van der Waals surface area contributed by atoms with Crippen molar-refractivity contribution in [3.05, 3.63) is 34.1 Å². The summed E-state index contributed by atoms with van der Waals surface area (Å²) >= 11 is 3.19. The van der Waals surface area contributed by atoms with E-state index in [-0.39, 0.29) is 12.5 Å². The van der Waals surface area contributed by atoms with E-state index >= 15 is 0 Å². The van der Waals surface area contributed by atoms with E-state index < -0.39 is 17.2 Å². The third kappa shape index (κ3) is 3.10. The Labute approximate surface area is 131 Å². The number of piperidine rings is 1. The molecule has 1 fully saturated rings. The van der Waals surface area contributed by atoms with Crippen molar-refractivity contribution in [3.63, 3.8) is 0 Å². The Morgan fingerprint density at radius 1 is 1.48 bits per heavy atom. The van der Waals surface area contributed by atoms with Gasteiger partial charge in [-0.25, -0.2) is 4.39 Å². The van der Waals surface area contributed by atoms with Gasteiger partial charge in [0.2, 0.25) is 0 Å². The van der Waals surface area contributed by atoms with Gasteiger partial charge in [0.1, 0.15) is 5.82 Å². The number of carboxylic acids is 1. The average Bonchev–Trinajstić information content (AvgIpc) is 2.46. The lowest BCUT2D eigenvalue weighted by molar-refractivity contribution is -0.152. The lowest BCUT2D eigenvalue weighted by Crippen LogP contribution is -2.49. The summed E-state index contributed by atoms with van der Waals surface area (Å²) < 4.78 is 13.5. The second-order valence-electron chi connectivity index (χ2n) is 5.39. The van der Waals surface area contributed by atoms with Gasteiger partial charge in [-0.2, -0.15) is 0 Å². The maximum Gasteiger partial charge on any atom is 0.311 e. The third-order valence-electron chi connectivity index (χ3n) is 4.16. The summed E-state index contributed by atoms with van der Waals surface area (Å²) in [6.45, 7) is 2.55. The molecule has 1 atom stereocenters. The molecule has 0 aromatic heterocycles. The summed E-state index contributed by atoms with van der Waals surface area (Å²) in [5.41, 5.74) is -0.519. The second-order valence-corrected chi connectivity index (χ2v) is 6.25. The van der Waals surface area contributed by atoms with Crippen molar-refractivity contribution in [1.29, 1.82) is 0 Å². The zero-order valence-electron chi connectivity index (χ0n) is 11.7. The summed E-state index contributed by atoms with van der Waals surface area (Å²) in [6.07, 6.45) is 1.72. The highest BCUT2D eigenvalue weighted by molar-refractivity contribution is 9.10. The molecule has 21 heavy (non-hydrogen) atoms. The molecular formula is C15H17BrFNO3. The second kappa shape index (κ2) is 6.13. The van der Waals surface area contributed by atoms with Crippen molar-refractivity contribution < 1.29 is 19.1 Å². The number of benzene rings is 1. The van der Waals surface area contributed by atoms with E-state index in [4.69, 9.17) is 0 Å². The van der Waals surface area contributed by atoms with Crippen LogP contribution in [0.5, 0.6) is 0 Å². The van der Waals surface area contributed by atoms with Gasteiger partial charge < -0.3 is 10.0 Å². The van der Waals surface area contributed by atoms with Crippen LogP contribution in [0.1, 0.15) is 36.5 Å². The number of carbonyl (C=O) groups excluding carboxylic acids is 1. The highest BCUT2D eigenvalue weighted by atomic mass is 79.9. The van der Waals surface area contributed by atoms with Gasteiger partial charge in [-0.15, -0.1) is 0 Å². The van der Waals surface area contributed by atoms with Gasteiger partial charge in [-0.05, 0) is 53.4 Å². The first-order valence-corrected chi connectivity index (χ1v) is 7.66. The number of hydrogen-bond acceptors (Lipinski definition) is 2. The van der Waals surface area contributed by atoms with Crippen molar-refractivity contribution in [3.8, 4) is 0 Å². The van der Waals surface area contributed by atoms with Crippen molar-refractivity contribution >= 4 is 27.8 Å². The average molecular weight is 358 g/mol. The van der Waals surface area contributed by atoms with Gasteiger partial charge in [0, 0.05) is 17.6 Å². The predicted octanol–water partition coefficient (Wildman–Crippen LogP) is 3.31. The van der Waals surface area contributed by atoms with E-state index in [2.05, 4.69) is 15.9 Å². The topological polar surface area (TPSA) is 57.6 Å². The summed E-state index contributed by atoms with van der Waals surface area (Å²) in [7, 11) is 0. The highest BCUT2D eigenvalue weighted by Crippen LogP contribution is 2.34. The first-order chi connectivity index (χ1) is 9.89. The van der Waals surface area contributed by atoms with Gasteiger partial charge in [0.25, 0.3) is 5.91 Å². The van der Waals surface area contributed by atoms with Gasteiger partial charge >= 0.3 is 5.97 Å². The minimum atomic E-state index is -0.875. The molecule has 0 radical (unpaired) electrons. The molecule has 2 rings (SSSR count). The lowest BCUT2D eigenvalue weighted by atomic mass is 9.77. The number of hydrogen-bond donors (Lipinski definition) is 1. The minimum Gasteiger partial charge on any atom is -0.481 e. The minimum absolute atomic E-state index is 0.196. The van der Waals surface area contributed by atoms with Crippen LogP contribution in [0.2, 0.25) is 0 Å². The number of carbonyl (C=O) groups is 2. The fourth-order valence-corrected chi connectivity index (χ4v) is 3.27. The summed E-state index contributed by atoms with van der Waals surface area (Å²) in [5, 5.41) is 9.45. The molecule has 114 valence electrons. The van der Waals surface area contributed by atoms with Crippen molar-refractivity contribution in [2.24, 2.45) is 5.41 Å². The van der Waals surface area contributed by atoms with Crippen LogP contribution in [0.3, 0.4) is 0 Å². The molecule has 4 nitrogen and oxygen atoms in total. The Balaban J connectivity index is 2.25. The van der Waals surface area contributed by atoms with Crippen molar-refractivity contribution in [1.82, 2.24) is 4.90 Å². The Bertz CT molecular complexity index is 578. The van der Waals surface area contributed by atoms with Crippen molar-refractivity contribution in [2.45, 2.75) is 26.2 Å². The number of rotatable bonds is 3. The first-order valence-electron chi connectivity index (χ1n) is 6.87. The summed E-state index contributed by atoms with van der Waals surface area (Å²) in [6, 6.07) is 3.89. The number of likely N-dealkylation sites (tertiary alicyclic amines) is 1. The number of amides is 1. The van der Waals surface area contributed by atoms with E-state index in [1.54, 1.807) is 4.90 Å². The van der Waals surface area contributed by atoms with E-state index in [0.717, 1.165) is 0 Å². The van der Waals surface area contributed by atoms with Crippen LogP contribution in [0, 0.1) is 11.2 Å². The molecule has 1 heterocycles. The van der Waals surface area contributed by atoms with E-state index in [1.165, 1.54) is 18.2 Å². The molecule has 1 aromatic carbocycles. The summed E-state index contributed by atoms with van der Waals surface area (Å²) in [4.78, 5) is 25.6. The number of nitrogens with zero attached hydrogens (tertiary/aromatic N) is 1. The quantitative estimate of drug-likeness (QED) is 0.902. The standard InChI is InChI=1S/C15H17BrFNO3/c1-2-15(14(20)21)6-3-7-18(9-15)13(19)11-5-4-10(17)8-12(11)16/h4-5,8H,2-3,6-7,9H2,1H3,(H,20,21). The van der Waals surface area contributed by atoms with E-state index in [1.807, 2.05) is 6.92 Å². The molecule has 1 saturated heterocycles. The highest BCUT2D eigenvalue weighted by Gasteiger charge is 2.42. The Morgan fingerprint density at radius 2 is 2.19 bits per heavy atom. The number of carboxylic acid groups (broad SMARTS) is 1. The molecule has 1 amide bonds.